The molecule has 0 aliphatic rings. The Kier molecular flexibility index (Phi) is 7.56. The Morgan fingerprint density at radius 2 is 1.90 bits per heavy atom. The van der Waals surface area contributed by atoms with Crippen molar-refractivity contribution >= 4 is 21.6 Å². The van der Waals surface area contributed by atoms with Crippen molar-refractivity contribution in [1.29, 1.82) is 0 Å². The summed E-state index contributed by atoms with van der Waals surface area (Å²) in [7, 11) is 6.43. The van der Waals surface area contributed by atoms with Gasteiger partial charge in [-0.25, -0.2) is 0 Å². The molecule has 0 radical (unpaired) electrons. The van der Waals surface area contributed by atoms with E-state index in [0.717, 1.165) is 24.1 Å². The molecule has 0 bridgehead atoms. The monoisotopic (exact) mass is 341 g/mol. The van der Waals surface area contributed by atoms with Crippen LogP contribution in [0.2, 0.25) is 0 Å². The van der Waals surface area contributed by atoms with E-state index in [1.54, 1.807) is 0 Å². The Morgan fingerprint density at radius 1 is 1.20 bits per heavy atom. The van der Waals surface area contributed by atoms with Gasteiger partial charge in [0.15, 0.2) is 0 Å². The molecular weight excluding hydrogens is 314 g/mol. The minimum absolute atomic E-state index is 0.374. The highest BCUT2D eigenvalue weighted by molar-refractivity contribution is 9.10. The quantitative estimate of drug-likeness (QED) is 0.780. The zero-order chi connectivity index (χ0) is 15.1. The van der Waals surface area contributed by atoms with E-state index in [0.29, 0.717) is 6.04 Å². The molecule has 4 heteroatoms. The van der Waals surface area contributed by atoms with Gasteiger partial charge in [0.05, 0.1) is 0 Å². The molecule has 3 nitrogen and oxygen atoms in total. The summed E-state index contributed by atoms with van der Waals surface area (Å²) in [5, 5.41) is 3.50. The van der Waals surface area contributed by atoms with Gasteiger partial charge in [-0.2, -0.15) is 0 Å². The Bertz CT molecular complexity index is 407. The molecule has 1 N–H and O–H groups in total. The number of hydrogen-bond donors (Lipinski definition) is 1. The maximum absolute atomic E-state index is 3.59. The lowest BCUT2D eigenvalue weighted by atomic mass is 10.1. The molecule has 0 heterocycles. The molecule has 1 atom stereocenters. The Labute approximate surface area is 132 Å². The molecule has 0 saturated carbocycles. The lowest BCUT2D eigenvalue weighted by Gasteiger charge is -2.26. The van der Waals surface area contributed by atoms with Crippen LogP contribution in [0.4, 0.5) is 5.69 Å². The van der Waals surface area contributed by atoms with Gasteiger partial charge >= 0.3 is 0 Å². The first-order valence-corrected chi connectivity index (χ1v) is 8.13. The van der Waals surface area contributed by atoms with E-state index < -0.39 is 0 Å². The smallest absolute Gasteiger partial charge is 0.0423 e. The molecule has 114 valence electrons. The van der Waals surface area contributed by atoms with Gasteiger partial charge in [-0.1, -0.05) is 28.9 Å². The highest BCUT2D eigenvalue weighted by Gasteiger charge is 2.13. The third-order valence-electron chi connectivity index (χ3n) is 3.48. The predicted octanol–water partition coefficient (Wildman–Crippen LogP) is 3.51. The molecule has 0 fully saturated rings. The summed E-state index contributed by atoms with van der Waals surface area (Å²) in [4.78, 5) is 4.59. The van der Waals surface area contributed by atoms with Crippen molar-refractivity contribution in [3.63, 3.8) is 0 Å². The molecular formula is C16H28BrN3. The largest absolute Gasteiger partial charge is 0.374 e. The van der Waals surface area contributed by atoms with Gasteiger partial charge in [0.25, 0.3) is 0 Å². The number of anilines is 1. The SMILES string of the molecule is CCNC(C)c1ccc(Br)cc1N(C)CCCN(C)C. The van der Waals surface area contributed by atoms with Crippen LogP contribution >= 0.6 is 15.9 Å². The third-order valence-corrected chi connectivity index (χ3v) is 3.97. The zero-order valence-electron chi connectivity index (χ0n) is 13.4. The van der Waals surface area contributed by atoms with Crippen LogP contribution in [0.25, 0.3) is 0 Å². The summed E-state index contributed by atoms with van der Waals surface area (Å²) in [6.45, 7) is 7.55. The minimum Gasteiger partial charge on any atom is -0.374 e. The second-order valence-electron chi connectivity index (χ2n) is 5.56. The van der Waals surface area contributed by atoms with Gasteiger partial charge in [0.2, 0.25) is 0 Å². The lowest BCUT2D eigenvalue weighted by Crippen LogP contribution is -2.26. The molecule has 0 amide bonds. The number of benzene rings is 1. The average Bonchev–Trinajstić information content (AvgIpc) is 2.38. The first-order chi connectivity index (χ1) is 9.45. The van der Waals surface area contributed by atoms with Crippen LogP contribution in [0.15, 0.2) is 22.7 Å². The van der Waals surface area contributed by atoms with Crippen LogP contribution in [-0.4, -0.2) is 45.7 Å². The molecule has 0 aliphatic heterocycles. The summed E-state index contributed by atoms with van der Waals surface area (Å²) in [6.07, 6.45) is 1.17. The van der Waals surface area contributed by atoms with Crippen LogP contribution in [0.1, 0.15) is 31.9 Å². The van der Waals surface area contributed by atoms with E-state index >= 15 is 0 Å². The Balaban J connectivity index is 2.82. The maximum Gasteiger partial charge on any atom is 0.0423 e. The van der Waals surface area contributed by atoms with E-state index in [1.165, 1.54) is 17.7 Å². The van der Waals surface area contributed by atoms with Crippen molar-refractivity contribution in [3.8, 4) is 0 Å². The van der Waals surface area contributed by atoms with Gasteiger partial charge in [0, 0.05) is 29.8 Å². The molecule has 0 aromatic heterocycles. The first-order valence-electron chi connectivity index (χ1n) is 7.34. The van der Waals surface area contributed by atoms with Gasteiger partial charge in [-0.3, -0.25) is 0 Å². The van der Waals surface area contributed by atoms with Crippen molar-refractivity contribution in [2.75, 3.05) is 45.7 Å². The van der Waals surface area contributed by atoms with Gasteiger partial charge in [-0.15, -0.1) is 0 Å². The Hall–Kier alpha value is -0.580. The molecule has 1 aromatic carbocycles. The molecule has 1 unspecified atom stereocenters. The fraction of sp³-hybridized carbons (Fsp3) is 0.625. The second-order valence-corrected chi connectivity index (χ2v) is 6.48. The number of hydrogen-bond acceptors (Lipinski definition) is 3. The zero-order valence-corrected chi connectivity index (χ0v) is 15.0. The highest BCUT2D eigenvalue weighted by Crippen LogP contribution is 2.29. The van der Waals surface area contributed by atoms with Gasteiger partial charge in [-0.05, 0) is 58.2 Å². The predicted molar refractivity (Wildman–Crippen MR) is 92.7 cm³/mol. The number of rotatable bonds is 8. The van der Waals surface area contributed by atoms with E-state index in [-0.39, 0.29) is 0 Å². The van der Waals surface area contributed by atoms with E-state index in [9.17, 15) is 0 Å². The van der Waals surface area contributed by atoms with Crippen LogP contribution in [0, 0.1) is 0 Å². The summed E-state index contributed by atoms with van der Waals surface area (Å²) in [5.41, 5.74) is 2.67. The van der Waals surface area contributed by atoms with Crippen molar-refractivity contribution in [3.05, 3.63) is 28.2 Å². The van der Waals surface area contributed by atoms with Gasteiger partial charge in [0.1, 0.15) is 0 Å². The molecule has 0 spiro atoms. The number of halogens is 1. The van der Waals surface area contributed by atoms with Gasteiger partial charge < -0.3 is 15.1 Å². The molecule has 0 saturated heterocycles. The lowest BCUT2D eigenvalue weighted by molar-refractivity contribution is 0.401. The molecule has 1 aromatic rings. The van der Waals surface area contributed by atoms with Crippen molar-refractivity contribution < 1.29 is 0 Å². The summed E-state index contributed by atoms with van der Waals surface area (Å²) < 4.78 is 1.14. The van der Waals surface area contributed by atoms with E-state index in [4.69, 9.17) is 0 Å². The normalized spacial score (nSPS) is 12.8. The summed E-state index contributed by atoms with van der Waals surface area (Å²) in [5.74, 6) is 0. The van der Waals surface area contributed by atoms with Crippen LogP contribution in [-0.2, 0) is 0 Å². The van der Waals surface area contributed by atoms with E-state index in [1.807, 2.05) is 0 Å². The topological polar surface area (TPSA) is 18.5 Å². The van der Waals surface area contributed by atoms with Crippen LogP contribution in [0.3, 0.4) is 0 Å². The maximum atomic E-state index is 3.59. The first kappa shape index (κ1) is 17.5. The minimum atomic E-state index is 0.374. The average molecular weight is 342 g/mol. The fourth-order valence-electron chi connectivity index (χ4n) is 2.37. The fourth-order valence-corrected chi connectivity index (χ4v) is 2.72. The van der Waals surface area contributed by atoms with Crippen molar-refractivity contribution in [2.24, 2.45) is 0 Å². The molecule has 20 heavy (non-hydrogen) atoms. The number of nitrogens with one attached hydrogen (secondary N) is 1. The Morgan fingerprint density at radius 3 is 2.50 bits per heavy atom. The highest BCUT2D eigenvalue weighted by atomic mass is 79.9. The van der Waals surface area contributed by atoms with Crippen LogP contribution in [0.5, 0.6) is 0 Å². The number of nitrogens with zero attached hydrogens (tertiary/aromatic N) is 2. The third kappa shape index (κ3) is 5.43. The molecule has 1 rings (SSSR count). The standard InChI is InChI=1S/C16H28BrN3/c1-6-18-13(2)15-9-8-14(17)12-16(15)20(5)11-7-10-19(3)4/h8-9,12-13,18H,6-7,10-11H2,1-5H3. The summed E-state index contributed by atoms with van der Waals surface area (Å²) >= 11 is 3.59. The van der Waals surface area contributed by atoms with Crippen LogP contribution < -0.4 is 10.2 Å². The molecule has 0 aliphatic carbocycles. The van der Waals surface area contributed by atoms with Crippen molar-refractivity contribution in [1.82, 2.24) is 10.2 Å². The van der Waals surface area contributed by atoms with E-state index in [2.05, 4.69) is 84.2 Å². The summed E-state index contributed by atoms with van der Waals surface area (Å²) in [6, 6.07) is 6.94. The second kappa shape index (κ2) is 8.65. The van der Waals surface area contributed by atoms with Crippen molar-refractivity contribution in [2.45, 2.75) is 26.3 Å².